The van der Waals surface area contributed by atoms with Gasteiger partial charge in [-0.25, -0.2) is 9.97 Å². The van der Waals surface area contributed by atoms with Crippen LogP contribution in [0.3, 0.4) is 0 Å². The van der Waals surface area contributed by atoms with Gasteiger partial charge >= 0.3 is 0 Å². The smallest absolute Gasteiger partial charge is 0.231 e. The molecule has 36 heavy (non-hydrogen) atoms. The van der Waals surface area contributed by atoms with Gasteiger partial charge in [-0.15, -0.1) is 0 Å². The van der Waals surface area contributed by atoms with E-state index in [0.29, 0.717) is 18.3 Å². The van der Waals surface area contributed by atoms with Crippen molar-refractivity contribution in [1.82, 2.24) is 19.9 Å². The number of thiocarbonyl (C=S) groups is 1. The highest BCUT2D eigenvalue weighted by Crippen LogP contribution is 2.38. The van der Waals surface area contributed by atoms with Crippen molar-refractivity contribution < 1.29 is 18.9 Å². The number of nitrogens with one attached hydrogen (secondary N) is 1. The number of benzene rings is 2. The minimum atomic E-state index is 0.292. The fourth-order valence-electron chi connectivity index (χ4n) is 4.95. The summed E-state index contributed by atoms with van der Waals surface area (Å²) in [5.74, 6) is 3.90. The maximum atomic E-state index is 5.80. The molecule has 2 aliphatic rings. The van der Waals surface area contributed by atoms with Gasteiger partial charge in [0.2, 0.25) is 6.79 Å². The number of fused-ring (bicyclic) bond motifs is 4. The van der Waals surface area contributed by atoms with E-state index in [-0.39, 0.29) is 0 Å². The molecule has 0 aliphatic carbocycles. The molecule has 10 heteroatoms. The van der Waals surface area contributed by atoms with Crippen LogP contribution in [0.1, 0.15) is 12.0 Å². The predicted octanol–water partition coefficient (Wildman–Crippen LogP) is 3.94. The topological polar surface area (TPSA) is 85.0 Å². The molecule has 0 spiro atoms. The van der Waals surface area contributed by atoms with Crippen molar-refractivity contribution in [3.8, 4) is 23.0 Å². The van der Waals surface area contributed by atoms with Crippen LogP contribution in [-0.4, -0.2) is 72.0 Å². The molecule has 6 rings (SSSR count). The maximum Gasteiger partial charge on any atom is 0.231 e. The summed E-state index contributed by atoms with van der Waals surface area (Å²) in [7, 11) is 3.28. The van der Waals surface area contributed by atoms with Crippen molar-refractivity contribution in [3.63, 3.8) is 0 Å². The summed E-state index contributed by atoms with van der Waals surface area (Å²) in [5, 5.41) is 2.01. The van der Waals surface area contributed by atoms with Gasteiger partial charge in [-0.05, 0) is 30.2 Å². The van der Waals surface area contributed by atoms with Gasteiger partial charge in [-0.1, -0.05) is 18.3 Å². The predicted molar refractivity (Wildman–Crippen MR) is 142 cm³/mol. The zero-order valence-corrected chi connectivity index (χ0v) is 21.1. The Balaban J connectivity index is 1.16. The third-order valence-corrected chi connectivity index (χ3v) is 7.33. The van der Waals surface area contributed by atoms with E-state index in [1.54, 1.807) is 20.5 Å². The van der Waals surface area contributed by atoms with E-state index in [9.17, 15) is 0 Å². The molecule has 4 heterocycles. The summed E-state index contributed by atoms with van der Waals surface area (Å²) in [4.78, 5) is 18.2. The van der Waals surface area contributed by atoms with Crippen LogP contribution in [-0.2, 0) is 6.42 Å². The first-order valence-corrected chi connectivity index (χ1v) is 12.3. The van der Waals surface area contributed by atoms with Gasteiger partial charge in [0.1, 0.15) is 17.8 Å². The molecule has 0 saturated carbocycles. The second kappa shape index (κ2) is 9.34. The standard InChI is InChI=1S/C26H27N5O4S/c1-32-20-12-17-18(13-21(20)33-2)29-25-24(17)26(28-14-27-25)31-9-7-30(8-10-31)23(36)6-4-16-3-5-19-22(11-16)35-15-34-19/h3,5,11-14H,4,6-10,15H2,1-2H3,(H,27,28,29). The van der Waals surface area contributed by atoms with Crippen molar-refractivity contribution in [1.29, 1.82) is 0 Å². The van der Waals surface area contributed by atoms with Crippen molar-refractivity contribution >= 4 is 45.0 Å². The highest BCUT2D eigenvalue weighted by Gasteiger charge is 2.24. The van der Waals surface area contributed by atoms with Crippen LogP contribution in [0.15, 0.2) is 36.7 Å². The minimum absolute atomic E-state index is 0.292. The largest absolute Gasteiger partial charge is 0.493 e. The number of aryl methyl sites for hydroxylation is 1. The van der Waals surface area contributed by atoms with Gasteiger partial charge in [0.25, 0.3) is 0 Å². The normalized spacial score (nSPS) is 15.1. The molecule has 0 unspecified atom stereocenters. The van der Waals surface area contributed by atoms with Crippen LogP contribution >= 0.6 is 12.2 Å². The van der Waals surface area contributed by atoms with Crippen molar-refractivity contribution in [2.45, 2.75) is 12.8 Å². The molecule has 0 bridgehead atoms. The van der Waals surface area contributed by atoms with E-state index in [4.69, 9.17) is 31.2 Å². The van der Waals surface area contributed by atoms with Crippen molar-refractivity contribution in [2.75, 3.05) is 52.1 Å². The molecule has 0 amide bonds. The van der Waals surface area contributed by atoms with Gasteiger partial charge in [0.05, 0.1) is 30.1 Å². The van der Waals surface area contributed by atoms with Crippen LogP contribution in [0.25, 0.3) is 21.9 Å². The lowest BCUT2D eigenvalue weighted by atomic mass is 10.1. The fourth-order valence-corrected chi connectivity index (χ4v) is 5.23. The Labute approximate surface area is 213 Å². The molecule has 186 valence electrons. The SMILES string of the molecule is COc1cc2[nH]c3ncnc(N4CCN(C(=S)CCc5ccc6c(c5)OCO6)CC4)c3c2cc1OC. The van der Waals surface area contributed by atoms with E-state index in [1.165, 1.54) is 5.56 Å². The number of anilines is 1. The molecule has 2 aromatic heterocycles. The first-order valence-electron chi connectivity index (χ1n) is 11.9. The zero-order chi connectivity index (χ0) is 24.6. The number of hydrogen-bond donors (Lipinski definition) is 1. The number of H-pyrrole nitrogens is 1. The Kier molecular flexibility index (Phi) is 5.88. The molecule has 1 saturated heterocycles. The van der Waals surface area contributed by atoms with Crippen molar-refractivity contribution in [2.24, 2.45) is 0 Å². The number of hydrogen-bond acceptors (Lipinski definition) is 8. The van der Waals surface area contributed by atoms with E-state index >= 15 is 0 Å². The molecular formula is C26H27N5O4S. The Morgan fingerprint density at radius 2 is 1.78 bits per heavy atom. The van der Waals surface area contributed by atoms with Crippen molar-refractivity contribution in [3.05, 3.63) is 42.2 Å². The summed E-state index contributed by atoms with van der Waals surface area (Å²) in [6, 6.07) is 10.0. The van der Waals surface area contributed by atoms with Crippen LogP contribution in [0.4, 0.5) is 5.82 Å². The van der Waals surface area contributed by atoms with E-state index in [0.717, 1.165) is 83.3 Å². The lowest BCUT2D eigenvalue weighted by Gasteiger charge is -2.37. The Bertz CT molecular complexity index is 1450. The number of rotatable bonds is 6. The second-order valence-corrected chi connectivity index (χ2v) is 9.33. The number of aromatic amines is 1. The van der Waals surface area contributed by atoms with Gasteiger partial charge in [-0.2, -0.15) is 0 Å². The summed E-state index contributed by atoms with van der Waals surface area (Å²) >= 11 is 5.80. The Morgan fingerprint density at radius 3 is 2.58 bits per heavy atom. The first-order chi connectivity index (χ1) is 17.6. The number of piperazine rings is 1. The van der Waals surface area contributed by atoms with E-state index in [1.807, 2.05) is 18.2 Å². The minimum Gasteiger partial charge on any atom is -0.493 e. The third-order valence-electron chi connectivity index (χ3n) is 6.87. The van der Waals surface area contributed by atoms with Crippen LogP contribution in [0, 0.1) is 0 Å². The summed E-state index contributed by atoms with van der Waals surface area (Å²) in [6.07, 6.45) is 3.32. The average molecular weight is 506 g/mol. The molecule has 4 aromatic rings. The van der Waals surface area contributed by atoms with Gasteiger partial charge in [0.15, 0.2) is 23.0 Å². The number of nitrogens with zero attached hydrogens (tertiary/aromatic N) is 4. The van der Waals surface area contributed by atoms with Crippen LogP contribution in [0.5, 0.6) is 23.0 Å². The van der Waals surface area contributed by atoms with Gasteiger partial charge in [0, 0.05) is 44.1 Å². The molecule has 2 aliphatic heterocycles. The molecule has 9 nitrogen and oxygen atoms in total. The highest BCUT2D eigenvalue weighted by atomic mass is 32.1. The van der Waals surface area contributed by atoms with Crippen LogP contribution < -0.4 is 23.8 Å². The third kappa shape index (κ3) is 4.01. The number of ether oxygens (including phenoxy) is 4. The lowest BCUT2D eigenvalue weighted by Crippen LogP contribution is -2.48. The summed E-state index contributed by atoms with van der Waals surface area (Å²) in [5.41, 5.74) is 2.94. The molecular weight excluding hydrogens is 478 g/mol. The Hall–Kier alpha value is -3.79. The molecule has 0 atom stereocenters. The first kappa shape index (κ1) is 22.7. The molecule has 0 radical (unpaired) electrons. The van der Waals surface area contributed by atoms with Gasteiger partial charge in [-0.3, -0.25) is 0 Å². The number of aromatic nitrogens is 3. The fraction of sp³-hybridized carbons (Fsp3) is 0.346. The van der Waals surface area contributed by atoms with Crippen LogP contribution in [0.2, 0.25) is 0 Å². The molecule has 1 fully saturated rings. The second-order valence-electron chi connectivity index (χ2n) is 8.85. The van der Waals surface area contributed by atoms with Gasteiger partial charge < -0.3 is 33.7 Å². The summed E-state index contributed by atoms with van der Waals surface area (Å²) in [6.45, 7) is 3.66. The highest BCUT2D eigenvalue weighted by molar-refractivity contribution is 7.80. The zero-order valence-electron chi connectivity index (χ0n) is 20.2. The average Bonchev–Trinajstić information content (AvgIpc) is 3.54. The maximum absolute atomic E-state index is 5.80. The number of methoxy groups -OCH3 is 2. The van der Waals surface area contributed by atoms with E-state index < -0.39 is 0 Å². The molecule has 1 N–H and O–H groups in total. The quantitative estimate of drug-likeness (QED) is 0.392. The monoisotopic (exact) mass is 505 g/mol. The Morgan fingerprint density at radius 1 is 1.00 bits per heavy atom. The summed E-state index contributed by atoms with van der Waals surface area (Å²) < 4.78 is 21.9. The molecule has 2 aromatic carbocycles. The van der Waals surface area contributed by atoms with E-state index in [2.05, 4.69) is 36.9 Å². The lowest BCUT2D eigenvalue weighted by molar-refractivity contribution is 0.174.